The molecule has 0 heterocycles. The maximum atomic E-state index is 11.8. The molecule has 0 bridgehead atoms. The first-order valence-corrected chi connectivity index (χ1v) is 7.85. The molecule has 1 rings (SSSR count). The largest absolute Gasteiger partial charge is 0.481 e. The summed E-state index contributed by atoms with van der Waals surface area (Å²) in [6.07, 6.45) is 2.47. The van der Waals surface area contributed by atoms with Crippen LogP contribution in [0.15, 0.2) is 0 Å². The molecule has 0 spiro atoms. The van der Waals surface area contributed by atoms with Gasteiger partial charge in [0.15, 0.2) is 0 Å². The van der Waals surface area contributed by atoms with Gasteiger partial charge in [-0.25, -0.2) is 0 Å². The monoisotopic (exact) mass is 300 g/mol. The number of carbonyl (C=O) groups is 2. The summed E-state index contributed by atoms with van der Waals surface area (Å²) in [4.78, 5) is 24.5. The fraction of sp³-hybridized carbons (Fsp3) is 0.867. The van der Waals surface area contributed by atoms with E-state index < -0.39 is 11.6 Å². The first kappa shape index (κ1) is 17.9. The van der Waals surface area contributed by atoms with Gasteiger partial charge >= 0.3 is 5.97 Å². The van der Waals surface area contributed by atoms with E-state index in [0.717, 1.165) is 13.1 Å². The van der Waals surface area contributed by atoms with Gasteiger partial charge in [0.1, 0.15) is 0 Å². The maximum Gasteiger partial charge on any atom is 0.306 e. The minimum atomic E-state index is -0.829. The summed E-state index contributed by atoms with van der Waals surface area (Å²) in [5.41, 5.74) is -0.829. The van der Waals surface area contributed by atoms with Crippen molar-refractivity contribution in [3.8, 4) is 0 Å². The number of rotatable bonds is 8. The Labute approximate surface area is 126 Å². The SMILES string of the molecule is CCN(CC)C(=O)CCNCC1(O)CCC(C(=O)O)CC1. The average Bonchev–Trinajstić information content (AvgIpc) is 2.45. The smallest absolute Gasteiger partial charge is 0.306 e. The van der Waals surface area contributed by atoms with Crippen LogP contribution in [-0.4, -0.2) is 58.8 Å². The van der Waals surface area contributed by atoms with Crippen LogP contribution < -0.4 is 5.32 Å². The van der Waals surface area contributed by atoms with Gasteiger partial charge in [-0.3, -0.25) is 9.59 Å². The molecule has 6 nitrogen and oxygen atoms in total. The number of aliphatic hydroxyl groups is 1. The molecule has 0 aromatic heterocycles. The Balaban J connectivity index is 2.24. The highest BCUT2D eigenvalue weighted by atomic mass is 16.4. The zero-order valence-corrected chi connectivity index (χ0v) is 13.1. The van der Waals surface area contributed by atoms with Crippen LogP contribution in [0.3, 0.4) is 0 Å². The third-order valence-electron chi connectivity index (χ3n) is 4.35. The second kappa shape index (κ2) is 8.34. The third-order valence-corrected chi connectivity index (χ3v) is 4.35. The van der Waals surface area contributed by atoms with Crippen LogP contribution >= 0.6 is 0 Å². The zero-order chi connectivity index (χ0) is 15.9. The van der Waals surface area contributed by atoms with E-state index in [1.165, 1.54) is 0 Å². The van der Waals surface area contributed by atoms with Crippen molar-refractivity contribution in [2.45, 2.75) is 51.6 Å². The molecule has 0 saturated heterocycles. The molecule has 21 heavy (non-hydrogen) atoms. The number of amides is 1. The lowest BCUT2D eigenvalue weighted by Crippen LogP contribution is -2.45. The molecule has 0 unspecified atom stereocenters. The second-order valence-electron chi connectivity index (χ2n) is 5.83. The van der Waals surface area contributed by atoms with Gasteiger partial charge < -0.3 is 20.4 Å². The van der Waals surface area contributed by atoms with Gasteiger partial charge in [0.2, 0.25) is 5.91 Å². The van der Waals surface area contributed by atoms with Crippen molar-refractivity contribution in [1.29, 1.82) is 0 Å². The van der Waals surface area contributed by atoms with Gasteiger partial charge in [-0.1, -0.05) is 0 Å². The second-order valence-corrected chi connectivity index (χ2v) is 5.83. The maximum absolute atomic E-state index is 11.8. The molecule has 1 fully saturated rings. The molecule has 0 radical (unpaired) electrons. The first-order chi connectivity index (χ1) is 9.91. The standard InChI is InChI=1S/C15H28N2O4/c1-3-17(4-2)13(18)7-10-16-11-15(21)8-5-12(6-9-15)14(19)20/h12,16,21H,3-11H2,1-2H3,(H,19,20). The first-order valence-electron chi connectivity index (χ1n) is 7.85. The summed E-state index contributed by atoms with van der Waals surface area (Å²) in [5.74, 6) is -0.974. The third kappa shape index (κ3) is 5.63. The number of aliphatic carboxylic acids is 1. The van der Waals surface area contributed by atoms with Crippen LogP contribution in [0.25, 0.3) is 0 Å². The van der Waals surface area contributed by atoms with E-state index in [-0.39, 0.29) is 11.8 Å². The number of hydrogen-bond acceptors (Lipinski definition) is 4. The van der Waals surface area contributed by atoms with E-state index >= 15 is 0 Å². The number of hydrogen-bond donors (Lipinski definition) is 3. The van der Waals surface area contributed by atoms with Gasteiger partial charge in [-0.05, 0) is 39.5 Å². The van der Waals surface area contributed by atoms with Gasteiger partial charge in [-0.15, -0.1) is 0 Å². The normalized spacial score (nSPS) is 25.6. The molecule has 122 valence electrons. The average molecular weight is 300 g/mol. The predicted octanol–water partition coefficient (Wildman–Crippen LogP) is 0.840. The molecule has 0 atom stereocenters. The lowest BCUT2D eigenvalue weighted by Gasteiger charge is -2.34. The minimum Gasteiger partial charge on any atom is -0.481 e. The van der Waals surface area contributed by atoms with Crippen molar-refractivity contribution < 1.29 is 19.8 Å². The Morgan fingerprint density at radius 2 is 1.81 bits per heavy atom. The lowest BCUT2D eigenvalue weighted by molar-refractivity contribution is -0.144. The molecule has 0 aromatic carbocycles. The summed E-state index contributed by atoms with van der Waals surface area (Å²) < 4.78 is 0. The number of carbonyl (C=O) groups excluding carboxylic acids is 1. The Hall–Kier alpha value is -1.14. The molecule has 1 amide bonds. The fourth-order valence-electron chi connectivity index (χ4n) is 2.83. The van der Waals surface area contributed by atoms with Crippen molar-refractivity contribution in [3.63, 3.8) is 0 Å². The Morgan fingerprint density at radius 1 is 1.24 bits per heavy atom. The van der Waals surface area contributed by atoms with Gasteiger partial charge in [0.25, 0.3) is 0 Å². The van der Waals surface area contributed by atoms with Crippen molar-refractivity contribution in [3.05, 3.63) is 0 Å². The van der Waals surface area contributed by atoms with Crippen molar-refractivity contribution in [2.24, 2.45) is 5.92 Å². The molecule has 1 aliphatic carbocycles. The zero-order valence-electron chi connectivity index (χ0n) is 13.1. The van der Waals surface area contributed by atoms with Crippen molar-refractivity contribution in [1.82, 2.24) is 10.2 Å². The van der Waals surface area contributed by atoms with Crippen LogP contribution in [-0.2, 0) is 9.59 Å². The highest BCUT2D eigenvalue weighted by molar-refractivity contribution is 5.76. The van der Waals surface area contributed by atoms with Crippen molar-refractivity contribution >= 4 is 11.9 Å². The highest BCUT2D eigenvalue weighted by Gasteiger charge is 2.35. The molecule has 0 aliphatic heterocycles. The van der Waals surface area contributed by atoms with Crippen molar-refractivity contribution in [2.75, 3.05) is 26.2 Å². The molecule has 3 N–H and O–H groups in total. The summed E-state index contributed by atoms with van der Waals surface area (Å²) >= 11 is 0. The van der Waals surface area contributed by atoms with Crippen LogP contribution in [0.4, 0.5) is 0 Å². The fourth-order valence-corrected chi connectivity index (χ4v) is 2.83. The topological polar surface area (TPSA) is 89.9 Å². The number of carboxylic acid groups (broad SMARTS) is 1. The quantitative estimate of drug-likeness (QED) is 0.578. The summed E-state index contributed by atoms with van der Waals surface area (Å²) in [6, 6.07) is 0. The summed E-state index contributed by atoms with van der Waals surface area (Å²) in [6.45, 7) is 6.31. The van der Waals surface area contributed by atoms with Gasteiger partial charge in [0, 0.05) is 32.6 Å². The Morgan fingerprint density at radius 3 is 2.29 bits per heavy atom. The molecule has 1 saturated carbocycles. The highest BCUT2D eigenvalue weighted by Crippen LogP contribution is 2.31. The molecular formula is C15H28N2O4. The van der Waals surface area contributed by atoms with Crippen LogP contribution in [0.5, 0.6) is 0 Å². The number of nitrogens with zero attached hydrogens (tertiary/aromatic N) is 1. The number of nitrogens with one attached hydrogen (secondary N) is 1. The van der Waals surface area contributed by atoms with Crippen LogP contribution in [0, 0.1) is 5.92 Å². The summed E-state index contributed by atoms with van der Waals surface area (Å²) in [5, 5.41) is 22.5. The Bertz CT molecular complexity index is 348. The van der Waals surface area contributed by atoms with E-state index in [1.54, 1.807) is 4.90 Å². The lowest BCUT2D eigenvalue weighted by atomic mass is 9.79. The van der Waals surface area contributed by atoms with E-state index in [2.05, 4.69) is 5.32 Å². The Kier molecular flexibility index (Phi) is 7.11. The molecule has 6 heteroatoms. The van der Waals surface area contributed by atoms with Crippen LogP contribution in [0.1, 0.15) is 46.0 Å². The molecule has 0 aromatic rings. The molecule has 1 aliphatic rings. The van der Waals surface area contributed by atoms with Crippen LogP contribution in [0.2, 0.25) is 0 Å². The summed E-state index contributed by atoms with van der Waals surface area (Å²) in [7, 11) is 0. The molecular weight excluding hydrogens is 272 g/mol. The van der Waals surface area contributed by atoms with E-state index in [1.807, 2.05) is 13.8 Å². The number of carboxylic acids is 1. The van der Waals surface area contributed by atoms with Gasteiger partial charge in [0.05, 0.1) is 11.5 Å². The predicted molar refractivity (Wildman–Crippen MR) is 80.0 cm³/mol. The van der Waals surface area contributed by atoms with E-state index in [4.69, 9.17) is 5.11 Å². The van der Waals surface area contributed by atoms with Gasteiger partial charge in [-0.2, -0.15) is 0 Å². The minimum absolute atomic E-state index is 0.120. The van der Waals surface area contributed by atoms with E-state index in [0.29, 0.717) is 45.2 Å². The van der Waals surface area contributed by atoms with E-state index in [9.17, 15) is 14.7 Å².